The third kappa shape index (κ3) is 6.66. The number of rotatable bonds is 5. The number of hydrogen-bond donors (Lipinski definition) is 2. The number of alkyl carbamates (subject to hydrolysis) is 1. The standard InChI is InChI=1S/C15H23ClN2O2/c1-5-12(18-14(19)20-15(2,3)4)10-17-13-8-6-7-11(16)9-13/h6-9,12,17H,5,10H2,1-4H3,(H,18,19). The summed E-state index contributed by atoms with van der Waals surface area (Å²) in [6.07, 6.45) is 0.421. The van der Waals surface area contributed by atoms with Gasteiger partial charge in [-0.1, -0.05) is 24.6 Å². The van der Waals surface area contributed by atoms with Crippen LogP contribution in [0.15, 0.2) is 24.3 Å². The number of hydrogen-bond acceptors (Lipinski definition) is 3. The molecule has 20 heavy (non-hydrogen) atoms. The number of anilines is 1. The molecule has 1 aromatic carbocycles. The van der Waals surface area contributed by atoms with Crippen molar-refractivity contribution in [1.29, 1.82) is 0 Å². The zero-order valence-corrected chi connectivity index (χ0v) is 13.3. The highest BCUT2D eigenvalue weighted by atomic mass is 35.5. The van der Waals surface area contributed by atoms with Gasteiger partial charge >= 0.3 is 6.09 Å². The van der Waals surface area contributed by atoms with E-state index in [2.05, 4.69) is 10.6 Å². The van der Waals surface area contributed by atoms with E-state index in [0.717, 1.165) is 12.1 Å². The Hall–Kier alpha value is -1.42. The van der Waals surface area contributed by atoms with Crippen LogP contribution in [0.3, 0.4) is 0 Å². The fourth-order valence-electron chi connectivity index (χ4n) is 1.61. The maximum Gasteiger partial charge on any atom is 0.407 e. The lowest BCUT2D eigenvalue weighted by Crippen LogP contribution is -2.42. The first-order valence-corrected chi connectivity index (χ1v) is 7.17. The number of carbonyl (C=O) groups is 1. The van der Waals surface area contributed by atoms with Gasteiger partial charge < -0.3 is 15.4 Å². The Kier molecular flexibility index (Phi) is 6.14. The minimum absolute atomic E-state index is 0.00355. The van der Waals surface area contributed by atoms with Crippen LogP contribution in [0.25, 0.3) is 0 Å². The first-order chi connectivity index (χ1) is 9.30. The van der Waals surface area contributed by atoms with Crippen LogP contribution in [0, 0.1) is 0 Å². The summed E-state index contributed by atoms with van der Waals surface area (Å²) in [6, 6.07) is 7.49. The summed E-state index contributed by atoms with van der Waals surface area (Å²) in [7, 11) is 0. The number of nitrogens with one attached hydrogen (secondary N) is 2. The van der Waals surface area contributed by atoms with Crippen LogP contribution in [0.1, 0.15) is 34.1 Å². The van der Waals surface area contributed by atoms with Crippen LogP contribution in [-0.2, 0) is 4.74 Å². The molecule has 1 rings (SSSR count). The number of halogens is 1. The lowest BCUT2D eigenvalue weighted by atomic mass is 10.2. The van der Waals surface area contributed by atoms with Gasteiger partial charge in [-0.2, -0.15) is 0 Å². The molecule has 0 aliphatic rings. The maximum absolute atomic E-state index is 11.7. The van der Waals surface area contributed by atoms with Crippen LogP contribution in [0.5, 0.6) is 0 Å². The average Bonchev–Trinajstić information content (AvgIpc) is 2.32. The van der Waals surface area contributed by atoms with Crippen LogP contribution in [0.2, 0.25) is 5.02 Å². The van der Waals surface area contributed by atoms with Gasteiger partial charge in [0.05, 0.1) is 0 Å². The van der Waals surface area contributed by atoms with E-state index in [1.165, 1.54) is 0 Å². The van der Waals surface area contributed by atoms with E-state index in [-0.39, 0.29) is 6.04 Å². The number of carbonyl (C=O) groups excluding carboxylic acids is 1. The van der Waals surface area contributed by atoms with Gasteiger partial charge in [0.1, 0.15) is 5.60 Å². The second-order valence-electron chi connectivity index (χ2n) is 5.64. The van der Waals surface area contributed by atoms with Gasteiger partial charge in [0.25, 0.3) is 0 Å². The first kappa shape index (κ1) is 16.6. The monoisotopic (exact) mass is 298 g/mol. The van der Waals surface area contributed by atoms with Crippen LogP contribution < -0.4 is 10.6 Å². The Morgan fingerprint density at radius 3 is 2.65 bits per heavy atom. The van der Waals surface area contributed by atoms with E-state index in [1.54, 1.807) is 0 Å². The van der Waals surface area contributed by atoms with E-state index >= 15 is 0 Å². The van der Waals surface area contributed by atoms with Crippen molar-refractivity contribution in [2.75, 3.05) is 11.9 Å². The summed E-state index contributed by atoms with van der Waals surface area (Å²) in [6.45, 7) is 8.17. The Bertz CT molecular complexity index is 444. The van der Waals surface area contributed by atoms with Gasteiger partial charge in [-0.25, -0.2) is 4.79 Å². The van der Waals surface area contributed by atoms with Crippen molar-refractivity contribution in [3.05, 3.63) is 29.3 Å². The van der Waals surface area contributed by atoms with Crippen molar-refractivity contribution >= 4 is 23.4 Å². The molecule has 0 bridgehead atoms. The maximum atomic E-state index is 11.7. The average molecular weight is 299 g/mol. The van der Waals surface area contributed by atoms with Crippen molar-refractivity contribution in [3.8, 4) is 0 Å². The summed E-state index contributed by atoms with van der Waals surface area (Å²) in [5.74, 6) is 0. The van der Waals surface area contributed by atoms with Crippen LogP contribution >= 0.6 is 11.6 Å². The van der Waals surface area contributed by atoms with E-state index in [9.17, 15) is 4.79 Å². The number of amides is 1. The molecule has 1 amide bonds. The van der Waals surface area contributed by atoms with Crippen molar-refractivity contribution in [3.63, 3.8) is 0 Å². The fraction of sp³-hybridized carbons (Fsp3) is 0.533. The highest BCUT2D eigenvalue weighted by Gasteiger charge is 2.18. The highest BCUT2D eigenvalue weighted by Crippen LogP contribution is 2.15. The van der Waals surface area contributed by atoms with Gasteiger partial charge in [0.15, 0.2) is 0 Å². The van der Waals surface area contributed by atoms with Crippen molar-refractivity contribution in [2.45, 2.75) is 45.8 Å². The molecule has 5 heteroatoms. The number of ether oxygens (including phenoxy) is 1. The molecule has 0 aromatic heterocycles. The third-order valence-corrected chi connectivity index (χ3v) is 2.83. The Labute approximate surface area is 125 Å². The minimum atomic E-state index is -0.483. The molecule has 112 valence electrons. The molecule has 0 aliphatic carbocycles. The van der Waals surface area contributed by atoms with Crippen molar-refractivity contribution in [2.24, 2.45) is 0 Å². The zero-order valence-electron chi connectivity index (χ0n) is 12.5. The minimum Gasteiger partial charge on any atom is -0.444 e. The molecule has 0 saturated heterocycles. The van der Waals surface area contributed by atoms with Crippen molar-refractivity contribution < 1.29 is 9.53 Å². The zero-order chi connectivity index (χ0) is 15.2. The van der Waals surface area contributed by atoms with Crippen LogP contribution in [-0.4, -0.2) is 24.3 Å². The Morgan fingerprint density at radius 1 is 1.40 bits per heavy atom. The molecule has 0 fully saturated rings. The van der Waals surface area contributed by atoms with E-state index in [4.69, 9.17) is 16.3 Å². The number of benzene rings is 1. The van der Waals surface area contributed by atoms with Crippen molar-refractivity contribution in [1.82, 2.24) is 5.32 Å². The molecule has 0 radical (unpaired) electrons. The largest absolute Gasteiger partial charge is 0.444 e. The SMILES string of the molecule is CCC(CNc1cccc(Cl)c1)NC(=O)OC(C)(C)C. The highest BCUT2D eigenvalue weighted by molar-refractivity contribution is 6.30. The molecule has 2 N–H and O–H groups in total. The fourth-order valence-corrected chi connectivity index (χ4v) is 1.80. The first-order valence-electron chi connectivity index (χ1n) is 6.79. The molecule has 0 spiro atoms. The van der Waals surface area contributed by atoms with Gasteiger partial charge in [-0.15, -0.1) is 0 Å². The molecule has 0 aliphatic heterocycles. The predicted molar refractivity (Wildman–Crippen MR) is 83.4 cm³/mol. The van der Waals surface area contributed by atoms with Gasteiger partial charge in [-0.3, -0.25) is 0 Å². The molecule has 0 saturated carbocycles. The third-order valence-electron chi connectivity index (χ3n) is 2.59. The molecule has 1 atom stereocenters. The second kappa shape index (κ2) is 7.39. The van der Waals surface area contributed by atoms with Gasteiger partial charge in [0, 0.05) is 23.3 Å². The second-order valence-corrected chi connectivity index (χ2v) is 6.08. The molecular weight excluding hydrogens is 276 g/mol. The van der Waals surface area contributed by atoms with Crippen LogP contribution in [0.4, 0.5) is 10.5 Å². The summed E-state index contributed by atoms with van der Waals surface area (Å²) >= 11 is 5.92. The molecular formula is C15H23ClN2O2. The predicted octanol–water partition coefficient (Wildman–Crippen LogP) is 4.06. The molecule has 0 heterocycles. The Morgan fingerprint density at radius 2 is 2.10 bits per heavy atom. The van der Waals surface area contributed by atoms with E-state index in [0.29, 0.717) is 11.6 Å². The molecule has 1 unspecified atom stereocenters. The lowest BCUT2D eigenvalue weighted by Gasteiger charge is -2.23. The van der Waals surface area contributed by atoms with E-state index in [1.807, 2.05) is 52.0 Å². The summed E-state index contributed by atoms with van der Waals surface area (Å²) in [5, 5.41) is 6.78. The quantitative estimate of drug-likeness (QED) is 0.862. The van der Waals surface area contributed by atoms with Gasteiger partial charge in [0.2, 0.25) is 0 Å². The molecule has 4 nitrogen and oxygen atoms in total. The molecule has 1 aromatic rings. The topological polar surface area (TPSA) is 50.4 Å². The lowest BCUT2D eigenvalue weighted by molar-refractivity contribution is 0.0506. The van der Waals surface area contributed by atoms with E-state index < -0.39 is 11.7 Å². The van der Waals surface area contributed by atoms with Gasteiger partial charge in [-0.05, 0) is 45.4 Å². The normalized spacial score (nSPS) is 12.7. The summed E-state index contributed by atoms with van der Waals surface area (Å²) in [5.41, 5.74) is 0.449. The summed E-state index contributed by atoms with van der Waals surface area (Å²) in [4.78, 5) is 11.7. The Balaban J connectivity index is 2.45. The smallest absolute Gasteiger partial charge is 0.407 e. The summed E-state index contributed by atoms with van der Waals surface area (Å²) < 4.78 is 5.24.